The molecule has 1 heterocycles. The van der Waals surface area contributed by atoms with E-state index in [1.54, 1.807) is 13.3 Å². The Bertz CT molecular complexity index is 378. The topological polar surface area (TPSA) is 57.4 Å². The number of rotatable bonds is 6. The van der Waals surface area contributed by atoms with Gasteiger partial charge in [-0.15, -0.1) is 0 Å². The number of pyridine rings is 1. The molecule has 2 rings (SSSR count). The first kappa shape index (κ1) is 13.3. The van der Waals surface area contributed by atoms with E-state index in [0.717, 1.165) is 37.2 Å². The normalized spacial score (nSPS) is 24.4. The van der Waals surface area contributed by atoms with Crippen molar-refractivity contribution in [2.45, 2.75) is 38.3 Å². The van der Waals surface area contributed by atoms with Gasteiger partial charge in [0.1, 0.15) is 5.75 Å². The summed E-state index contributed by atoms with van der Waals surface area (Å²) in [6, 6.07) is 2.01. The Balaban J connectivity index is 1.83. The first-order chi connectivity index (χ1) is 8.72. The van der Waals surface area contributed by atoms with E-state index < -0.39 is 0 Å². The van der Waals surface area contributed by atoms with Crippen molar-refractivity contribution in [1.29, 1.82) is 0 Å². The van der Waals surface area contributed by atoms with Gasteiger partial charge in [-0.3, -0.25) is 4.98 Å². The smallest absolute Gasteiger partial charge is 0.137 e. The highest BCUT2D eigenvalue weighted by Crippen LogP contribution is 2.36. The lowest BCUT2D eigenvalue weighted by molar-refractivity contribution is -0.0282. The molecule has 2 N–H and O–H groups in total. The zero-order chi connectivity index (χ0) is 13.0. The molecular weight excluding hydrogens is 228 g/mol. The van der Waals surface area contributed by atoms with E-state index in [1.165, 1.54) is 0 Å². The second kappa shape index (κ2) is 6.16. The zero-order valence-corrected chi connectivity index (χ0v) is 11.1. The van der Waals surface area contributed by atoms with Gasteiger partial charge in [-0.1, -0.05) is 0 Å². The van der Waals surface area contributed by atoms with Crippen molar-refractivity contribution in [2.24, 2.45) is 11.7 Å². The summed E-state index contributed by atoms with van der Waals surface area (Å²) in [5.41, 5.74) is 7.26. The van der Waals surface area contributed by atoms with Crippen LogP contribution in [0.25, 0.3) is 0 Å². The van der Waals surface area contributed by atoms with Crippen LogP contribution in [-0.4, -0.2) is 24.8 Å². The molecule has 1 aliphatic rings. The lowest BCUT2D eigenvalue weighted by Crippen LogP contribution is -2.33. The molecule has 4 heteroatoms. The lowest BCUT2D eigenvalue weighted by Gasteiger charge is -2.36. The van der Waals surface area contributed by atoms with Gasteiger partial charge < -0.3 is 15.2 Å². The Morgan fingerprint density at radius 3 is 2.89 bits per heavy atom. The van der Waals surface area contributed by atoms with Crippen molar-refractivity contribution >= 4 is 0 Å². The first-order valence-electron chi connectivity index (χ1n) is 6.59. The average molecular weight is 250 g/mol. The molecule has 0 radical (unpaired) electrons. The molecule has 0 spiro atoms. The number of hydrogen-bond acceptors (Lipinski definition) is 4. The van der Waals surface area contributed by atoms with Crippen LogP contribution < -0.4 is 10.5 Å². The van der Waals surface area contributed by atoms with Crippen molar-refractivity contribution in [3.63, 3.8) is 0 Å². The van der Waals surface area contributed by atoms with Crippen LogP contribution in [0.3, 0.4) is 0 Å². The Hall–Kier alpha value is -1.13. The molecule has 1 fully saturated rings. The van der Waals surface area contributed by atoms with E-state index in [9.17, 15) is 0 Å². The number of hydrogen-bond donors (Lipinski definition) is 1. The fourth-order valence-electron chi connectivity index (χ4n) is 2.48. The third kappa shape index (κ3) is 3.21. The molecule has 1 aromatic heterocycles. The van der Waals surface area contributed by atoms with Crippen LogP contribution in [0.4, 0.5) is 0 Å². The monoisotopic (exact) mass is 250 g/mol. The van der Waals surface area contributed by atoms with Gasteiger partial charge in [0.25, 0.3) is 0 Å². The minimum atomic E-state index is 0.0418. The van der Waals surface area contributed by atoms with Crippen LogP contribution in [0.15, 0.2) is 18.5 Å². The van der Waals surface area contributed by atoms with Crippen LogP contribution in [0.5, 0.6) is 5.75 Å². The van der Waals surface area contributed by atoms with E-state index in [4.69, 9.17) is 15.2 Å². The molecule has 1 aliphatic carbocycles. The van der Waals surface area contributed by atoms with Gasteiger partial charge in [0.05, 0.1) is 19.4 Å². The number of aromatic nitrogens is 1. The van der Waals surface area contributed by atoms with Gasteiger partial charge in [0, 0.05) is 18.8 Å². The molecule has 1 atom stereocenters. The number of methoxy groups -OCH3 is 1. The van der Waals surface area contributed by atoms with Gasteiger partial charge >= 0.3 is 0 Å². The molecular formula is C14H22N2O2. The largest absolute Gasteiger partial charge is 0.495 e. The van der Waals surface area contributed by atoms with Crippen molar-refractivity contribution in [1.82, 2.24) is 4.98 Å². The molecule has 1 aromatic rings. The van der Waals surface area contributed by atoms with E-state index >= 15 is 0 Å². The molecule has 0 aromatic carbocycles. The van der Waals surface area contributed by atoms with Crippen LogP contribution in [0.2, 0.25) is 0 Å². The van der Waals surface area contributed by atoms with E-state index in [2.05, 4.69) is 4.98 Å². The highest BCUT2D eigenvalue weighted by atomic mass is 16.5. The average Bonchev–Trinajstić information content (AvgIpc) is 2.36. The minimum absolute atomic E-state index is 0.0418. The van der Waals surface area contributed by atoms with Gasteiger partial charge in [0.15, 0.2) is 0 Å². The van der Waals surface area contributed by atoms with Crippen LogP contribution >= 0.6 is 0 Å². The fourth-order valence-corrected chi connectivity index (χ4v) is 2.48. The fraction of sp³-hybridized carbons (Fsp3) is 0.643. The zero-order valence-electron chi connectivity index (χ0n) is 11.1. The van der Waals surface area contributed by atoms with E-state index in [-0.39, 0.29) is 6.04 Å². The van der Waals surface area contributed by atoms with Crippen molar-refractivity contribution in [3.05, 3.63) is 24.0 Å². The third-order valence-corrected chi connectivity index (χ3v) is 3.58. The molecule has 1 unspecified atom stereocenters. The summed E-state index contributed by atoms with van der Waals surface area (Å²) >= 11 is 0. The standard InChI is InChI=1S/C14H22N2O2/c1-3-18-12-4-10(5-12)6-14(15)11-7-13(17-2)9-16-8-11/h7-10,12,14H,3-6,15H2,1-2H3. The number of ether oxygens (including phenoxy) is 2. The SMILES string of the molecule is CCOC1CC(CC(N)c2cncc(OC)c2)C1. The number of nitrogens with two attached hydrogens (primary N) is 1. The minimum Gasteiger partial charge on any atom is -0.495 e. The van der Waals surface area contributed by atoms with Crippen molar-refractivity contribution in [3.8, 4) is 5.75 Å². The Labute approximate surface area is 108 Å². The molecule has 1 saturated carbocycles. The molecule has 0 bridgehead atoms. The van der Waals surface area contributed by atoms with Gasteiger partial charge in [-0.25, -0.2) is 0 Å². The predicted molar refractivity (Wildman–Crippen MR) is 70.5 cm³/mol. The second-order valence-corrected chi connectivity index (χ2v) is 4.92. The molecule has 4 nitrogen and oxygen atoms in total. The summed E-state index contributed by atoms with van der Waals surface area (Å²) in [6.45, 7) is 2.85. The molecule has 100 valence electrons. The lowest BCUT2D eigenvalue weighted by atomic mass is 9.77. The van der Waals surface area contributed by atoms with Crippen LogP contribution in [-0.2, 0) is 4.74 Å². The van der Waals surface area contributed by atoms with Crippen LogP contribution in [0, 0.1) is 5.92 Å². The van der Waals surface area contributed by atoms with E-state index in [0.29, 0.717) is 12.0 Å². The van der Waals surface area contributed by atoms with Gasteiger partial charge in [-0.05, 0) is 43.7 Å². The summed E-state index contributed by atoms with van der Waals surface area (Å²) in [5, 5.41) is 0. The Morgan fingerprint density at radius 1 is 1.44 bits per heavy atom. The Morgan fingerprint density at radius 2 is 2.22 bits per heavy atom. The van der Waals surface area contributed by atoms with Gasteiger partial charge in [-0.2, -0.15) is 0 Å². The summed E-state index contributed by atoms with van der Waals surface area (Å²) in [7, 11) is 1.64. The maximum absolute atomic E-state index is 6.21. The molecule has 0 saturated heterocycles. The highest BCUT2D eigenvalue weighted by molar-refractivity contribution is 5.25. The highest BCUT2D eigenvalue weighted by Gasteiger charge is 2.30. The van der Waals surface area contributed by atoms with Crippen molar-refractivity contribution < 1.29 is 9.47 Å². The quantitative estimate of drug-likeness (QED) is 0.841. The summed E-state index contributed by atoms with van der Waals surface area (Å²) in [4.78, 5) is 4.14. The molecule has 0 amide bonds. The van der Waals surface area contributed by atoms with Crippen molar-refractivity contribution in [2.75, 3.05) is 13.7 Å². The maximum Gasteiger partial charge on any atom is 0.137 e. The molecule has 0 aliphatic heterocycles. The summed E-state index contributed by atoms with van der Waals surface area (Å²) in [6.07, 6.45) is 7.25. The third-order valence-electron chi connectivity index (χ3n) is 3.58. The van der Waals surface area contributed by atoms with E-state index in [1.807, 2.05) is 19.2 Å². The summed E-state index contributed by atoms with van der Waals surface area (Å²) in [5.74, 6) is 1.45. The maximum atomic E-state index is 6.21. The first-order valence-corrected chi connectivity index (χ1v) is 6.59. The predicted octanol–water partition coefficient (Wildman–Crippen LogP) is 2.30. The number of nitrogens with zero attached hydrogens (tertiary/aromatic N) is 1. The Kier molecular flexibility index (Phi) is 4.55. The molecule has 18 heavy (non-hydrogen) atoms. The van der Waals surface area contributed by atoms with Gasteiger partial charge in [0.2, 0.25) is 0 Å². The summed E-state index contributed by atoms with van der Waals surface area (Å²) < 4.78 is 10.7. The van der Waals surface area contributed by atoms with Crippen LogP contribution in [0.1, 0.15) is 37.8 Å². The second-order valence-electron chi connectivity index (χ2n) is 4.92.